The Balaban J connectivity index is 0.000000419. The maximum Gasteiger partial charge on any atom is 0.280 e. The number of aliphatic hydroxyl groups is 1. The lowest BCUT2D eigenvalue weighted by molar-refractivity contribution is -0.0258. The molecule has 0 amide bonds. The molecule has 1 fully saturated rings. The van der Waals surface area contributed by atoms with Gasteiger partial charge in [-0.25, -0.2) is 23.4 Å². The summed E-state index contributed by atoms with van der Waals surface area (Å²) in [6, 6.07) is 14.3. The smallest absolute Gasteiger partial charge is 0.280 e. The molecule has 50 heavy (non-hydrogen) atoms. The number of anilines is 2. The summed E-state index contributed by atoms with van der Waals surface area (Å²) >= 11 is 13.9. The average Bonchev–Trinajstić information content (AvgIpc) is 3.60. The fraction of sp³-hybridized carbons (Fsp3) is 0.333. The van der Waals surface area contributed by atoms with E-state index in [0.717, 1.165) is 54.2 Å². The number of rotatable bonds is 7. The highest BCUT2D eigenvalue weighted by Crippen LogP contribution is 2.43. The van der Waals surface area contributed by atoms with Gasteiger partial charge in [0.05, 0.1) is 52.8 Å². The molecule has 3 N–H and O–H groups in total. The Morgan fingerprint density at radius 1 is 1.06 bits per heavy atom. The highest BCUT2D eigenvalue weighted by molar-refractivity contribution is 6.39. The van der Waals surface area contributed by atoms with E-state index in [-0.39, 0.29) is 33.8 Å². The molecule has 2 aromatic carbocycles. The van der Waals surface area contributed by atoms with Gasteiger partial charge < -0.3 is 25.2 Å². The van der Waals surface area contributed by atoms with Crippen molar-refractivity contribution in [3.05, 3.63) is 91.9 Å². The number of aliphatic hydroxyl groups excluding tert-OH is 1. The molecule has 2 unspecified atom stereocenters. The number of methoxy groups -OCH3 is 1. The third kappa shape index (κ3) is 7.17. The predicted molar refractivity (Wildman–Crippen MR) is 191 cm³/mol. The van der Waals surface area contributed by atoms with E-state index in [9.17, 15) is 18.7 Å². The summed E-state index contributed by atoms with van der Waals surface area (Å²) in [6.45, 7) is 1.24. The van der Waals surface area contributed by atoms with Gasteiger partial charge in [-0.2, -0.15) is 5.10 Å². The molecular weight excluding hydrogens is 689 g/mol. The molecule has 7 rings (SSSR count). The van der Waals surface area contributed by atoms with Crippen LogP contribution in [0.3, 0.4) is 0 Å². The zero-order chi connectivity index (χ0) is 35.5. The standard InChI is InChI=1S/C30H23Cl2F2N5O2.C6H13NO2/c1-39-30(40)24-16(14-35-39)13-23(27(33)34)37-28(24)36-21-11-5-9-19(26(21)32)18-8-4-10-20(25(18)31)22-12-15-6-3-7-17(15)29(38-22)41-2;1-7-5-2-3-9-4-6(5)8/h4-5,8-14,27H,3,6-7H2,1-2H3,(H,36,37);5-8H,2-4H2,1H3. The van der Waals surface area contributed by atoms with Crippen molar-refractivity contribution in [3.63, 3.8) is 0 Å². The number of nitrogens with zero attached hydrogens (tertiary/aromatic N) is 4. The molecule has 0 saturated carbocycles. The first-order valence-corrected chi connectivity index (χ1v) is 16.9. The largest absolute Gasteiger partial charge is 0.481 e. The minimum atomic E-state index is -2.85. The van der Waals surface area contributed by atoms with Crippen LogP contribution in [0.4, 0.5) is 20.3 Å². The number of hydrogen-bond acceptors (Lipinski definition) is 9. The van der Waals surface area contributed by atoms with E-state index in [1.165, 1.54) is 18.8 Å². The summed E-state index contributed by atoms with van der Waals surface area (Å²) in [6.07, 6.45) is 2.03. The van der Waals surface area contributed by atoms with Crippen LogP contribution >= 0.6 is 23.2 Å². The Morgan fingerprint density at radius 3 is 2.50 bits per heavy atom. The Hall–Kier alpha value is -4.20. The number of halogens is 4. The molecule has 3 aromatic heterocycles. The lowest BCUT2D eigenvalue weighted by atomic mass is 9.99. The molecule has 0 radical (unpaired) electrons. The van der Waals surface area contributed by atoms with Crippen molar-refractivity contribution in [1.29, 1.82) is 0 Å². The molecule has 0 spiro atoms. The molecule has 1 saturated heterocycles. The van der Waals surface area contributed by atoms with Gasteiger partial charge in [0.25, 0.3) is 12.0 Å². The fourth-order valence-corrected chi connectivity index (χ4v) is 6.89. The minimum Gasteiger partial charge on any atom is -0.481 e. The summed E-state index contributed by atoms with van der Waals surface area (Å²) < 4.78 is 39.0. The summed E-state index contributed by atoms with van der Waals surface area (Å²) in [7, 11) is 4.95. The van der Waals surface area contributed by atoms with E-state index in [2.05, 4.69) is 26.8 Å². The zero-order valence-corrected chi connectivity index (χ0v) is 29.2. The summed E-state index contributed by atoms with van der Waals surface area (Å²) in [5, 5.41) is 20.2. The molecule has 4 heterocycles. The number of ether oxygens (including phenoxy) is 2. The SMILES string of the molecule is CNC1CCOCC1O.COc1nc(-c2cccc(-c3cccc(Nc4nc(C(F)F)cc5cnn(C)c(=O)c45)c3Cl)c2Cl)cc2c1CCC2. The van der Waals surface area contributed by atoms with Crippen LogP contribution in [0.1, 0.15) is 36.1 Å². The highest BCUT2D eigenvalue weighted by atomic mass is 35.5. The number of hydrogen-bond donors (Lipinski definition) is 3. The van der Waals surface area contributed by atoms with Crippen molar-refractivity contribution < 1.29 is 23.4 Å². The number of pyridine rings is 2. The number of fused-ring (bicyclic) bond motifs is 2. The number of nitrogens with one attached hydrogen (secondary N) is 2. The number of benzene rings is 2. The Kier molecular flexibility index (Phi) is 10.9. The van der Waals surface area contributed by atoms with E-state index < -0.39 is 17.7 Å². The molecule has 2 atom stereocenters. The lowest BCUT2D eigenvalue weighted by Gasteiger charge is -2.26. The second-order valence-electron chi connectivity index (χ2n) is 12.0. The Labute approximate surface area is 297 Å². The van der Waals surface area contributed by atoms with Crippen molar-refractivity contribution in [1.82, 2.24) is 25.1 Å². The molecule has 1 aliphatic carbocycles. The van der Waals surface area contributed by atoms with Gasteiger partial charge in [-0.05, 0) is 56.5 Å². The van der Waals surface area contributed by atoms with Crippen LogP contribution in [-0.4, -0.2) is 64.4 Å². The van der Waals surface area contributed by atoms with E-state index in [0.29, 0.717) is 40.0 Å². The van der Waals surface area contributed by atoms with Gasteiger partial charge in [0.15, 0.2) is 0 Å². The first-order valence-electron chi connectivity index (χ1n) is 16.1. The summed E-state index contributed by atoms with van der Waals surface area (Å²) in [5.41, 5.74) is 4.39. The fourth-order valence-electron chi connectivity index (χ4n) is 6.29. The lowest BCUT2D eigenvalue weighted by Crippen LogP contribution is -2.44. The molecule has 262 valence electrons. The molecule has 5 aromatic rings. The zero-order valence-electron chi connectivity index (χ0n) is 27.6. The van der Waals surface area contributed by atoms with E-state index in [1.54, 1.807) is 25.3 Å². The minimum absolute atomic E-state index is 0.0471. The molecular formula is C36H36Cl2F2N6O4. The molecule has 2 aliphatic rings. The topological polar surface area (TPSA) is 123 Å². The van der Waals surface area contributed by atoms with Gasteiger partial charge in [-0.1, -0.05) is 53.5 Å². The Bertz CT molecular complexity index is 2100. The number of alkyl halides is 2. The summed E-state index contributed by atoms with van der Waals surface area (Å²) in [4.78, 5) is 21.7. The molecule has 0 bridgehead atoms. The van der Waals surface area contributed by atoms with Crippen LogP contribution in [0, 0.1) is 0 Å². The average molecular weight is 726 g/mol. The number of likely N-dealkylation sites (N-methyl/N-ethyl adjacent to an activating group) is 1. The Morgan fingerprint density at radius 2 is 1.80 bits per heavy atom. The predicted octanol–water partition coefficient (Wildman–Crippen LogP) is 6.90. The van der Waals surface area contributed by atoms with Crippen LogP contribution < -0.4 is 20.9 Å². The second kappa shape index (κ2) is 15.4. The van der Waals surface area contributed by atoms with Crippen LogP contribution in [0.15, 0.2) is 59.5 Å². The van der Waals surface area contributed by atoms with Gasteiger partial charge in [0.2, 0.25) is 5.88 Å². The molecule has 10 nitrogen and oxygen atoms in total. The van der Waals surface area contributed by atoms with Gasteiger partial charge in [-0.3, -0.25) is 4.79 Å². The third-order valence-corrected chi connectivity index (χ3v) is 9.74. The first kappa shape index (κ1) is 35.6. The van der Waals surface area contributed by atoms with Crippen molar-refractivity contribution in [2.75, 3.05) is 32.7 Å². The van der Waals surface area contributed by atoms with Crippen molar-refractivity contribution in [2.45, 2.75) is 44.3 Å². The van der Waals surface area contributed by atoms with Crippen molar-refractivity contribution in [3.8, 4) is 28.3 Å². The first-order chi connectivity index (χ1) is 24.1. The van der Waals surface area contributed by atoms with Crippen LogP contribution in [-0.2, 0) is 24.6 Å². The highest BCUT2D eigenvalue weighted by Gasteiger charge is 2.23. The van der Waals surface area contributed by atoms with Crippen molar-refractivity contribution >= 4 is 45.5 Å². The van der Waals surface area contributed by atoms with Crippen molar-refractivity contribution in [2.24, 2.45) is 7.05 Å². The number of aromatic nitrogens is 4. The van der Waals surface area contributed by atoms with E-state index in [1.807, 2.05) is 25.2 Å². The van der Waals surface area contributed by atoms with Gasteiger partial charge in [-0.15, -0.1) is 0 Å². The van der Waals surface area contributed by atoms with Crippen LogP contribution in [0.2, 0.25) is 10.0 Å². The van der Waals surface area contributed by atoms with Gasteiger partial charge >= 0.3 is 0 Å². The molecule has 1 aliphatic heterocycles. The number of aryl methyl sites for hydroxylation is 2. The van der Waals surface area contributed by atoms with Gasteiger partial charge in [0.1, 0.15) is 11.5 Å². The summed E-state index contributed by atoms with van der Waals surface area (Å²) in [5.74, 6) is 0.557. The van der Waals surface area contributed by atoms with Crippen LogP contribution in [0.25, 0.3) is 33.2 Å². The van der Waals surface area contributed by atoms with Crippen LogP contribution in [0.5, 0.6) is 5.88 Å². The second-order valence-corrected chi connectivity index (χ2v) is 12.8. The maximum atomic E-state index is 13.7. The quantitative estimate of drug-likeness (QED) is 0.165. The van der Waals surface area contributed by atoms with E-state index in [4.69, 9.17) is 37.7 Å². The van der Waals surface area contributed by atoms with Gasteiger partial charge in [0, 0.05) is 47.3 Å². The normalized spacial score (nSPS) is 17.0. The van der Waals surface area contributed by atoms with E-state index >= 15 is 0 Å². The maximum absolute atomic E-state index is 13.7. The monoisotopic (exact) mass is 724 g/mol. The third-order valence-electron chi connectivity index (χ3n) is 8.93. The molecule has 14 heteroatoms.